The molecule has 31 heavy (non-hydrogen) atoms. The Morgan fingerprint density at radius 2 is 1.23 bits per heavy atom. The van der Waals surface area contributed by atoms with E-state index in [4.69, 9.17) is 28.4 Å². The average Bonchev–Trinajstić information content (AvgIpc) is 2.58. The molecule has 0 fully saturated rings. The van der Waals surface area contributed by atoms with Crippen LogP contribution < -0.4 is 0 Å². The van der Waals surface area contributed by atoms with Crippen molar-refractivity contribution in [1.82, 2.24) is 0 Å². The highest BCUT2D eigenvalue weighted by Crippen LogP contribution is 2.33. The van der Waals surface area contributed by atoms with Crippen molar-refractivity contribution in [2.24, 2.45) is 0 Å². The summed E-state index contributed by atoms with van der Waals surface area (Å²) in [5.74, 6) is -1.55. The van der Waals surface area contributed by atoms with Gasteiger partial charge in [0.1, 0.15) is 25.4 Å². The van der Waals surface area contributed by atoms with Gasteiger partial charge in [-0.2, -0.15) is 0 Å². The molecular weight excluding hydrogens is 432 g/mol. The van der Waals surface area contributed by atoms with Gasteiger partial charge in [0.15, 0.2) is 12.4 Å². The zero-order chi connectivity index (χ0) is 24.2. The lowest BCUT2D eigenvalue weighted by Gasteiger charge is -2.33. The normalized spacial score (nSPS) is 15.7. The third kappa shape index (κ3) is 15.6. The van der Waals surface area contributed by atoms with Gasteiger partial charge in [-0.3, -0.25) is 19.2 Å². The fourth-order valence-corrected chi connectivity index (χ4v) is 2.82. The van der Waals surface area contributed by atoms with E-state index in [0.717, 1.165) is 5.75 Å². The molecule has 182 valence electrons. The second kappa shape index (κ2) is 14.3. The van der Waals surface area contributed by atoms with Gasteiger partial charge in [-0.1, -0.05) is 0 Å². The molecule has 3 unspecified atom stereocenters. The summed E-state index contributed by atoms with van der Waals surface area (Å²) in [4.78, 5) is 45.5. The van der Waals surface area contributed by atoms with Crippen LogP contribution in [0, 0.1) is 0 Å². The summed E-state index contributed by atoms with van der Waals surface area (Å²) < 4.78 is 32.2. The molecule has 4 atom stereocenters. The van der Waals surface area contributed by atoms with Crippen molar-refractivity contribution in [1.29, 1.82) is 0 Å². The smallest absolute Gasteiger partial charge is 0.303 e. The molecule has 0 amide bonds. The van der Waals surface area contributed by atoms with Gasteiger partial charge in [0, 0.05) is 33.4 Å². The Bertz CT molecular complexity index is 601. The molecule has 0 aromatic heterocycles. The lowest BCUT2D eigenvalue weighted by molar-refractivity contribution is -0.249. The van der Waals surface area contributed by atoms with Gasteiger partial charge in [0.05, 0.1) is 6.61 Å². The first-order chi connectivity index (χ1) is 14.2. The molecule has 0 aromatic rings. The van der Waals surface area contributed by atoms with E-state index in [1.54, 1.807) is 6.92 Å². The highest BCUT2D eigenvalue weighted by Gasteiger charge is 2.34. The van der Waals surface area contributed by atoms with Crippen LogP contribution in [0.1, 0.15) is 34.6 Å². The lowest BCUT2D eigenvalue weighted by atomic mass is 10.2. The van der Waals surface area contributed by atoms with Crippen LogP contribution in [-0.2, 0) is 47.6 Å². The quantitative estimate of drug-likeness (QED) is 0.210. The Morgan fingerprint density at radius 1 is 0.742 bits per heavy atom. The summed E-state index contributed by atoms with van der Waals surface area (Å²) in [7, 11) is -0.889. The third-order valence-electron chi connectivity index (χ3n) is 3.68. The zero-order valence-corrected chi connectivity index (χ0v) is 20.4. The van der Waals surface area contributed by atoms with Crippen LogP contribution in [0.15, 0.2) is 0 Å². The fourth-order valence-electron chi connectivity index (χ4n) is 2.22. The Kier molecular flexibility index (Phi) is 13.4. The largest absolute Gasteiger partial charge is 0.463 e. The van der Waals surface area contributed by atoms with E-state index in [1.807, 2.05) is 0 Å². The summed E-state index contributed by atoms with van der Waals surface area (Å²) in [6, 6.07) is 0. The Labute approximate surface area is 185 Å². The summed E-state index contributed by atoms with van der Waals surface area (Å²) >= 11 is 0. The van der Waals surface area contributed by atoms with E-state index >= 15 is 0 Å². The summed E-state index contributed by atoms with van der Waals surface area (Å²) in [5, 5.41) is 0. The van der Waals surface area contributed by atoms with Crippen LogP contribution in [0.5, 0.6) is 0 Å². The number of hydrogen-bond donors (Lipinski definition) is 0. The van der Waals surface area contributed by atoms with Crippen molar-refractivity contribution in [2.45, 2.75) is 59.2 Å². The molecule has 0 aliphatic heterocycles. The molecule has 0 aliphatic carbocycles. The monoisotopic (exact) mass is 468 g/mol. The van der Waals surface area contributed by atoms with Gasteiger partial charge in [-0.15, -0.1) is 0 Å². The van der Waals surface area contributed by atoms with Crippen molar-refractivity contribution < 1.29 is 47.6 Å². The van der Waals surface area contributed by atoms with E-state index < -0.39 is 58.5 Å². The predicted octanol–water partition coefficient (Wildman–Crippen LogP) is 1.42. The van der Waals surface area contributed by atoms with E-state index in [9.17, 15) is 19.2 Å². The minimum absolute atomic E-state index is 0.228. The maximum atomic E-state index is 11.6. The molecule has 11 heteroatoms. The van der Waals surface area contributed by atoms with Crippen molar-refractivity contribution in [3.05, 3.63) is 0 Å². The molecule has 0 radical (unpaired) electrons. The third-order valence-corrected chi connectivity index (χ3v) is 5.08. The molecule has 0 aliphatic rings. The number of esters is 4. The second-order valence-corrected chi connectivity index (χ2v) is 12.4. The lowest BCUT2D eigenvalue weighted by Crippen LogP contribution is -2.46. The van der Waals surface area contributed by atoms with Crippen molar-refractivity contribution in [2.75, 3.05) is 44.3 Å². The van der Waals surface area contributed by atoms with Gasteiger partial charge in [0.25, 0.3) is 0 Å². The highest BCUT2D eigenvalue weighted by atomic mass is 32.3. The number of carbonyl (C=O) groups is 4. The number of rotatable bonds is 14. The van der Waals surface area contributed by atoms with Crippen LogP contribution in [-0.4, -0.2) is 92.8 Å². The molecule has 0 saturated carbocycles. The Morgan fingerprint density at radius 3 is 1.65 bits per heavy atom. The Hall–Kier alpha value is -1.85. The molecule has 0 bridgehead atoms. The van der Waals surface area contributed by atoms with Gasteiger partial charge in [0.2, 0.25) is 0 Å². The van der Waals surface area contributed by atoms with E-state index in [-0.39, 0.29) is 19.8 Å². The predicted molar refractivity (Wildman–Crippen MR) is 115 cm³/mol. The highest BCUT2D eigenvalue weighted by molar-refractivity contribution is 8.32. The molecule has 0 N–H and O–H groups in total. The topological polar surface area (TPSA) is 124 Å². The number of carbonyl (C=O) groups excluding carboxylic acids is 4. The minimum atomic E-state index is -1.16. The van der Waals surface area contributed by atoms with E-state index in [1.165, 1.54) is 27.7 Å². The maximum absolute atomic E-state index is 11.6. The molecular formula is C20H36O10S. The van der Waals surface area contributed by atoms with Crippen LogP contribution in [0.2, 0.25) is 0 Å². The van der Waals surface area contributed by atoms with Crippen LogP contribution in [0.4, 0.5) is 0 Å². The summed E-state index contributed by atoms with van der Waals surface area (Å²) in [6.07, 6.45) is 2.37. The standard InChI is InChI=1S/C20H36O10S/c1-13(28-16(4)23)18(11-26-14(2)21)30-20(25-9-10-31(6,7)8)19(29-17(5)24)12-27-15(3)22/h13,18-20H,9-12H2,1-8H3/t13?,18?,19-,20?/m0/s1. The second-order valence-electron chi connectivity index (χ2n) is 7.78. The van der Waals surface area contributed by atoms with Gasteiger partial charge in [-0.25, -0.2) is 10.0 Å². The zero-order valence-electron chi connectivity index (χ0n) is 19.6. The van der Waals surface area contributed by atoms with E-state index in [2.05, 4.69) is 18.8 Å². The first-order valence-electron chi connectivity index (χ1n) is 9.75. The molecule has 0 rings (SSSR count). The summed E-state index contributed by atoms with van der Waals surface area (Å²) in [5.41, 5.74) is 0. The van der Waals surface area contributed by atoms with Crippen molar-refractivity contribution >= 4 is 33.9 Å². The fraction of sp³-hybridized carbons (Fsp3) is 0.800. The number of ether oxygens (including phenoxy) is 6. The molecule has 0 heterocycles. The molecule has 0 saturated heterocycles. The van der Waals surface area contributed by atoms with Crippen LogP contribution >= 0.6 is 10.0 Å². The van der Waals surface area contributed by atoms with Gasteiger partial charge < -0.3 is 28.4 Å². The van der Waals surface area contributed by atoms with Gasteiger partial charge >= 0.3 is 23.9 Å². The van der Waals surface area contributed by atoms with E-state index in [0.29, 0.717) is 0 Å². The Balaban J connectivity index is 5.65. The van der Waals surface area contributed by atoms with Crippen molar-refractivity contribution in [3.8, 4) is 0 Å². The minimum Gasteiger partial charge on any atom is -0.463 e. The molecule has 10 nitrogen and oxygen atoms in total. The SMILES string of the molecule is CC(=O)OCC(OC(OCCS(C)(C)C)[C@H](COC(C)=O)OC(C)=O)C(C)OC(C)=O. The first kappa shape index (κ1) is 29.1. The summed E-state index contributed by atoms with van der Waals surface area (Å²) in [6.45, 7) is 6.21. The number of hydrogen-bond acceptors (Lipinski definition) is 10. The van der Waals surface area contributed by atoms with Gasteiger partial charge in [-0.05, 0) is 25.7 Å². The molecule has 0 spiro atoms. The molecule has 0 aromatic carbocycles. The van der Waals surface area contributed by atoms with Crippen LogP contribution in [0.25, 0.3) is 0 Å². The maximum Gasteiger partial charge on any atom is 0.303 e. The van der Waals surface area contributed by atoms with Crippen molar-refractivity contribution in [3.63, 3.8) is 0 Å². The average molecular weight is 469 g/mol. The first-order valence-corrected chi connectivity index (χ1v) is 12.8. The van der Waals surface area contributed by atoms with Crippen LogP contribution in [0.3, 0.4) is 0 Å².